The fraction of sp³-hybridized carbons (Fsp3) is 0.0741. The molecule has 3 aromatic carbocycles. The Labute approximate surface area is 192 Å². The van der Waals surface area contributed by atoms with Crippen LogP contribution in [0.3, 0.4) is 0 Å². The molecule has 4 nitrogen and oxygen atoms in total. The molecule has 32 heavy (non-hydrogen) atoms. The van der Waals surface area contributed by atoms with Crippen molar-refractivity contribution in [3.8, 4) is 11.5 Å². The third kappa shape index (κ3) is 4.90. The Hall–Kier alpha value is -3.83. The van der Waals surface area contributed by atoms with E-state index in [2.05, 4.69) is 35.2 Å². The number of methoxy groups -OCH3 is 2. The van der Waals surface area contributed by atoms with E-state index in [1.807, 2.05) is 66.7 Å². The summed E-state index contributed by atoms with van der Waals surface area (Å²) in [5.74, 6) is 1.63. The maximum Gasteiger partial charge on any atom is 0.160 e. The quantitative estimate of drug-likeness (QED) is 0.271. The second-order valence-corrected chi connectivity index (χ2v) is 8.16. The highest BCUT2D eigenvalue weighted by Gasteiger charge is 2.12. The van der Waals surface area contributed by atoms with Crippen molar-refractivity contribution in [1.82, 2.24) is 0 Å². The zero-order valence-corrected chi connectivity index (χ0v) is 18.7. The summed E-state index contributed by atoms with van der Waals surface area (Å²) >= 11 is 1.48. The predicted octanol–water partition coefficient (Wildman–Crippen LogP) is 7.22. The standard InChI is InChI=1S/C27H23NO3S/c1-30-24-12-8-22(9-13-24)28(23-10-14-25(31-2)15-11-23)21-6-3-20(4-7-21)5-16-26-17-18-27(19-29)32-26/h3-19H,1-2H3/b16-5+. The topological polar surface area (TPSA) is 38.8 Å². The summed E-state index contributed by atoms with van der Waals surface area (Å²) in [6.45, 7) is 0. The summed E-state index contributed by atoms with van der Waals surface area (Å²) in [4.78, 5) is 14.8. The van der Waals surface area contributed by atoms with E-state index >= 15 is 0 Å². The molecule has 1 heterocycles. The molecule has 0 aliphatic carbocycles. The van der Waals surface area contributed by atoms with Gasteiger partial charge in [0.25, 0.3) is 0 Å². The van der Waals surface area contributed by atoms with Gasteiger partial charge in [0.15, 0.2) is 6.29 Å². The lowest BCUT2D eigenvalue weighted by Gasteiger charge is -2.26. The summed E-state index contributed by atoms with van der Waals surface area (Å²) in [5, 5.41) is 0. The highest BCUT2D eigenvalue weighted by Crippen LogP contribution is 2.36. The van der Waals surface area contributed by atoms with Gasteiger partial charge in [0.2, 0.25) is 0 Å². The maximum absolute atomic E-state index is 10.9. The largest absolute Gasteiger partial charge is 0.497 e. The average molecular weight is 442 g/mol. The molecule has 0 atom stereocenters. The number of hydrogen-bond donors (Lipinski definition) is 0. The number of rotatable bonds is 8. The molecule has 1 aromatic heterocycles. The SMILES string of the molecule is COc1ccc(N(c2ccc(/C=C/c3ccc(C=O)s3)cc2)c2ccc(OC)cc2)cc1. The number of carbonyl (C=O) groups excluding carboxylic acids is 1. The normalized spacial score (nSPS) is 10.8. The predicted molar refractivity (Wildman–Crippen MR) is 133 cm³/mol. The van der Waals surface area contributed by atoms with Crippen LogP contribution < -0.4 is 14.4 Å². The lowest BCUT2D eigenvalue weighted by Crippen LogP contribution is -2.09. The molecule has 4 rings (SSSR count). The Bertz CT molecular complexity index is 1150. The zero-order chi connectivity index (χ0) is 22.3. The summed E-state index contributed by atoms with van der Waals surface area (Å²) in [6.07, 6.45) is 4.95. The molecule has 4 aromatic rings. The minimum absolute atomic E-state index is 0.731. The van der Waals surface area contributed by atoms with Gasteiger partial charge in [-0.1, -0.05) is 18.2 Å². The lowest BCUT2D eigenvalue weighted by molar-refractivity contribution is 0.112. The number of nitrogens with zero attached hydrogens (tertiary/aromatic N) is 1. The van der Waals surface area contributed by atoms with Gasteiger partial charge in [-0.05, 0) is 84.4 Å². The molecule has 0 amide bonds. The van der Waals surface area contributed by atoms with Gasteiger partial charge >= 0.3 is 0 Å². The zero-order valence-electron chi connectivity index (χ0n) is 17.9. The van der Waals surface area contributed by atoms with Crippen LogP contribution in [0.15, 0.2) is 84.9 Å². The van der Waals surface area contributed by atoms with E-state index < -0.39 is 0 Å². The summed E-state index contributed by atoms with van der Waals surface area (Å²) in [7, 11) is 3.33. The van der Waals surface area contributed by atoms with Crippen molar-refractivity contribution in [2.75, 3.05) is 19.1 Å². The molecule has 0 bridgehead atoms. The van der Waals surface area contributed by atoms with Crippen LogP contribution in [0.4, 0.5) is 17.1 Å². The monoisotopic (exact) mass is 441 g/mol. The van der Waals surface area contributed by atoms with Crippen molar-refractivity contribution in [1.29, 1.82) is 0 Å². The van der Waals surface area contributed by atoms with Crippen LogP contribution in [0.25, 0.3) is 12.2 Å². The number of ether oxygens (including phenoxy) is 2. The summed E-state index contributed by atoms with van der Waals surface area (Å²) < 4.78 is 10.6. The van der Waals surface area contributed by atoms with Crippen LogP contribution in [-0.4, -0.2) is 20.5 Å². The Morgan fingerprint density at radius 2 is 1.09 bits per heavy atom. The highest BCUT2D eigenvalue weighted by atomic mass is 32.1. The smallest absolute Gasteiger partial charge is 0.160 e. The highest BCUT2D eigenvalue weighted by molar-refractivity contribution is 7.14. The molecule has 0 N–H and O–H groups in total. The number of benzene rings is 3. The van der Waals surface area contributed by atoms with E-state index in [4.69, 9.17) is 9.47 Å². The number of hydrogen-bond acceptors (Lipinski definition) is 5. The minimum atomic E-state index is 0.731. The fourth-order valence-electron chi connectivity index (χ4n) is 3.34. The van der Waals surface area contributed by atoms with Crippen molar-refractivity contribution >= 4 is 46.8 Å². The number of aldehydes is 1. The Morgan fingerprint density at radius 1 is 0.625 bits per heavy atom. The molecule has 5 heteroatoms. The van der Waals surface area contributed by atoms with Crippen LogP contribution in [-0.2, 0) is 0 Å². The summed E-state index contributed by atoms with van der Waals surface area (Å²) in [5.41, 5.74) is 4.18. The Balaban J connectivity index is 1.64. The van der Waals surface area contributed by atoms with Gasteiger partial charge in [-0.25, -0.2) is 0 Å². The van der Waals surface area contributed by atoms with E-state index in [-0.39, 0.29) is 0 Å². The number of carbonyl (C=O) groups is 1. The maximum atomic E-state index is 10.9. The van der Waals surface area contributed by atoms with E-state index in [1.165, 1.54) is 11.3 Å². The minimum Gasteiger partial charge on any atom is -0.497 e. The first-order valence-corrected chi connectivity index (χ1v) is 10.9. The molecule has 0 aliphatic rings. The van der Waals surface area contributed by atoms with Crippen LogP contribution >= 0.6 is 11.3 Å². The second kappa shape index (κ2) is 9.98. The molecule has 0 saturated heterocycles. The average Bonchev–Trinajstić information content (AvgIpc) is 3.33. The first-order chi connectivity index (χ1) is 15.7. The van der Waals surface area contributed by atoms with Crippen LogP contribution in [0.1, 0.15) is 20.1 Å². The van der Waals surface area contributed by atoms with E-state index in [0.717, 1.165) is 50.2 Å². The van der Waals surface area contributed by atoms with Crippen molar-refractivity contribution in [2.45, 2.75) is 0 Å². The fourth-order valence-corrected chi connectivity index (χ4v) is 4.07. The van der Waals surface area contributed by atoms with Gasteiger partial charge in [-0.2, -0.15) is 0 Å². The molecule has 0 unspecified atom stereocenters. The molecule has 0 aliphatic heterocycles. The molecular formula is C27H23NO3S. The van der Waals surface area contributed by atoms with E-state index in [9.17, 15) is 4.79 Å². The molecule has 160 valence electrons. The number of thiophene rings is 1. The van der Waals surface area contributed by atoms with E-state index in [1.54, 1.807) is 14.2 Å². The third-order valence-corrected chi connectivity index (χ3v) is 5.99. The molecule has 0 radical (unpaired) electrons. The van der Waals surface area contributed by atoms with Crippen molar-refractivity contribution < 1.29 is 14.3 Å². The van der Waals surface area contributed by atoms with Gasteiger partial charge < -0.3 is 14.4 Å². The van der Waals surface area contributed by atoms with Crippen LogP contribution in [0, 0.1) is 0 Å². The first kappa shape index (κ1) is 21.4. The van der Waals surface area contributed by atoms with E-state index in [0.29, 0.717) is 0 Å². The summed E-state index contributed by atoms with van der Waals surface area (Å²) in [6, 6.07) is 28.1. The molecule has 0 saturated carbocycles. The van der Waals surface area contributed by atoms with Gasteiger partial charge in [-0.3, -0.25) is 4.79 Å². The van der Waals surface area contributed by atoms with Crippen molar-refractivity contribution in [3.63, 3.8) is 0 Å². The Kier molecular flexibility index (Phi) is 6.68. The molecule has 0 spiro atoms. The first-order valence-electron chi connectivity index (χ1n) is 10.1. The molecule has 0 fully saturated rings. The Morgan fingerprint density at radius 3 is 1.53 bits per heavy atom. The van der Waals surface area contributed by atoms with Gasteiger partial charge in [0, 0.05) is 21.9 Å². The van der Waals surface area contributed by atoms with Crippen LogP contribution in [0.5, 0.6) is 11.5 Å². The van der Waals surface area contributed by atoms with Crippen molar-refractivity contribution in [2.24, 2.45) is 0 Å². The van der Waals surface area contributed by atoms with Gasteiger partial charge in [0.1, 0.15) is 11.5 Å². The van der Waals surface area contributed by atoms with Crippen molar-refractivity contribution in [3.05, 3.63) is 100 Å². The lowest BCUT2D eigenvalue weighted by atomic mass is 10.1. The van der Waals surface area contributed by atoms with Gasteiger partial charge in [-0.15, -0.1) is 11.3 Å². The molecular weight excluding hydrogens is 418 g/mol. The van der Waals surface area contributed by atoms with Crippen LogP contribution in [0.2, 0.25) is 0 Å². The number of anilines is 3. The third-order valence-electron chi connectivity index (χ3n) is 5.02. The second-order valence-electron chi connectivity index (χ2n) is 7.01. The van der Waals surface area contributed by atoms with Gasteiger partial charge in [0.05, 0.1) is 19.1 Å².